The molecule has 0 bridgehead atoms. The number of rotatable bonds is 79. The first-order chi connectivity index (χ1) is 47.9. The van der Waals surface area contributed by atoms with Gasteiger partial charge in [0.1, 0.15) is 19.3 Å². The van der Waals surface area contributed by atoms with Crippen LogP contribution in [-0.4, -0.2) is 96.7 Å². The van der Waals surface area contributed by atoms with E-state index in [1.165, 1.54) is 231 Å². The quantitative estimate of drug-likeness (QED) is 0.0222. The highest BCUT2D eigenvalue weighted by molar-refractivity contribution is 7.47. The van der Waals surface area contributed by atoms with E-state index in [2.05, 4.69) is 41.5 Å². The number of carbonyl (C=O) groups excluding carboxylic acids is 4. The van der Waals surface area contributed by atoms with Gasteiger partial charge in [0, 0.05) is 25.7 Å². The highest BCUT2D eigenvalue weighted by atomic mass is 31.2. The number of phosphoric ester groups is 2. The van der Waals surface area contributed by atoms with Crippen LogP contribution in [-0.2, 0) is 65.4 Å². The predicted molar refractivity (Wildman–Crippen MR) is 405 cm³/mol. The van der Waals surface area contributed by atoms with Crippen LogP contribution in [0.1, 0.15) is 420 Å². The average Bonchev–Trinajstić information content (AvgIpc) is 1.01. The summed E-state index contributed by atoms with van der Waals surface area (Å²) in [5.74, 6) is -0.451. The van der Waals surface area contributed by atoms with Gasteiger partial charge in [-0.15, -0.1) is 0 Å². The Kier molecular flexibility index (Phi) is 70.3. The van der Waals surface area contributed by atoms with E-state index >= 15 is 0 Å². The van der Waals surface area contributed by atoms with Crippen LogP contribution in [0, 0.1) is 11.8 Å². The number of hydrogen-bond acceptors (Lipinski definition) is 15. The Labute approximate surface area is 607 Å². The summed E-state index contributed by atoms with van der Waals surface area (Å²) in [7, 11) is -9.91. The van der Waals surface area contributed by atoms with Gasteiger partial charge >= 0.3 is 39.5 Å². The van der Waals surface area contributed by atoms with Crippen LogP contribution >= 0.6 is 15.6 Å². The minimum absolute atomic E-state index is 0.107. The van der Waals surface area contributed by atoms with Crippen LogP contribution in [0.5, 0.6) is 0 Å². The fourth-order valence-electron chi connectivity index (χ4n) is 12.3. The van der Waals surface area contributed by atoms with Crippen LogP contribution in [0.3, 0.4) is 0 Å². The molecule has 0 heterocycles. The predicted octanol–water partition coefficient (Wildman–Crippen LogP) is 23.9. The van der Waals surface area contributed by atoms with Crippen molar-refractivity contribution >= 4 is 39.5 Å². The molecule has 19 heteroatoms. The molecule has 0 radical (unpaired) electrons. The van der Waals surface area contributed by atoms with E-state index in [0.717, 1.165) is 108 Å². The van der Waals surface area contributed by atoms with Crippen LogP contribution in [0.4, 0.5) is 0 Å². The molecule has 0 saturated heterocycles. The number of carbonyl (C=O) groups is 4. The van der Waals surface area contributed by atoms with E-state index in [9.17, 15) is 43.2 Å². The normalized spacial score (nSPS) is 14.2. The molecule has 3 unspecified atom stereocenters. The summed E-state index contributed by atoms with van der Waals surface area (Å²) in [6.07, 6.45) is 61.5. The molecule has 0 rings (SSSR count). The van der Waals surface area contributed by atoms with Gasteiger partial charge in [-0.2, -0.15) is 0 Å². The molecular formula is C80H156O17P2. The lowest BCUT2D eigenvalue weighted by Crippen LogP contribution is -2.30. The molecule has 99 heavy (non-hydrogen) atoms. The van der Waals surface area contributed by atoms with Crippen molar-refractivity contribution in [2.24, 2.45) is 11.8 Å². The molecule has 588 valence electrons. The fraction of sp³-hybridized carbons (Fsp3) is 0.950. The molecule has 0 spiro atoms. The third-order valence-corrected chi connectivity index (χ3v) is 21.0. The van der Waals surface area contributed by atoms with Gasteiger partial charge in [0.25, 0.3) is 0 Å². The summed E-state index contributed by atoms with van der Waals surface area (Å²) >= 11 is 0. The van der Waals surface area contributed by atoms with Gasteiger partial charge in [-0.3, -0.25) is 37.3 Å². The van der Waals surface area contributed by atoms with Crippen molar-refractivity contribution in [3.8, 4) is 0 Å². The molecule has 0 fully saturated rings. The Bertz CT molecular complexity index is 1910. The summed E-state index contributed by atoms with van der Waals surface area (Å²) in [4.78, 5) is 72.7. The third kappa shape index (κ3) is 72.8. The molecule has 0 aliphatic rings. The number of aliphatic hydroxyl groups is 1. The zero-order chi connectivity index (χ0) is 72.8. The van der Waals surface area contributed by atoms with Gasteiger partial charge in [-0.05, 0) is 37.5 Å². The molecule has 0 aromatic rings. The van der Waals surface area contributed by atoms with Crippen molar-refractivity contribution < 1.29 is 80.2 Å². The highest BCUT2D eigenvalue weighted by Crippen LogP contribution is 2.45. The first-order valence-electron chi connectivity index (χ1n) is 41.5. The molecular weight excluding hydrogens is 1290 g/mol. The smallest absolute Gasteiger partial charge is 0.462 e. The van der Waals surface area contributed by atoms with E-state index in [4.69, 9.17) is 37.0 Å². The standard InChI is InChI=1S/C80H156O17P2/c1-7-10-12-14-15-16-17-18-23-31-36-41-46-52-58-64-79(84)96-75(68-90-77(82)62-56-48-13-11-8-2)70-94-98(86,87)92-66-74(81)67-93-99(88,89)95-71-76(69-91-78(83)63-57-51-45-40-35-30-27-26-28-33-38-43-49-54-60-72(4)5)97-80(85)65-59-53-47-42-37-32-25-22-20-19-21-24-29-34-39-44-50-55-61-73(6)9-3/h72-76,81H,7-71H2,1-6H3,(H,86,87)(H,88,89)/t73?,74-,75+,76+/m0/s1. The van der Waals surface area contributed by atoms with E-state index in [1.54, 1.807) is 0 Å². The van der Waals surface area contributed by atoms with Crippen LogP contribution in [0.2, 0.25) is 0 Å². The van der Waals surface area contributed by atoms with Crippen LogP contribution in [0.15, 0.2) is 0 Å². The lowest BCUT2D eigenvalue weighted by atomic mass is 9.99. The van der Waals surface area contributed by atoms with Crippen molar-refractivity contribution in [3.05, 3.63) is 0 Å². The SMILES string of the molecule is CCCCCCCCCCCCCCCCCC(=O)O[C@H](COC(=O)CCCCCCC)COP(=O)(O)OC[C@H](O)COP(=O)(O)OC[C@@H](COC(=O)CCCCCCCCCCCCCCCCC(C)C)OC(=O)CCCCCCCCCCCCCCCCCCCCC(C)CC. The number of esters is 4. The number of ether oxygens (including phenoxy) is 4. The van der Waals surface area contributed by atoms with Gasteiger partial charge in [0.15, 0.2) is 12.2 Å². The molecule has 0 aromatic heterocycles. The topological polar surface area (TPSA) is 237 Å². The maximum absolute atomic E-state index is 13.1. The lowest BCUT2D eigenvalue weighted by molar-refractivity contribution is -0.161. The van der Waals surface area contributed by atoms with Crippen molar-refractivity contribution in [3.63, 3.8) is 0 Å². The monoisotopic (exact) mass is 1450 g/mol. The van der Waals surface area contributed by atoms with Gasteiger partial charge in [0.2, 0.25) is 0 Å². The van der Waals surface area contributed by atoms with Crippen molar-refractivity contribution in [2.45, 2.75) is 439 Å². The first kappa shape index (κ1) is 97.1. The third-order valence-electron chi connectivity index (χ3n) is 19.1. The van der Waals surface area contributed by atoms with Gasteiger partial charge in [-0.1, -0.05) is 369 Å². The Morgan fingerprint density at radius 1 is 0.293 bits per heavy atom. The summed E-state index contributed by atoms with van der Waals surface area (Å²) < 4.78 is 68.4. The van der Waals surface area contributed by atoms with Crippen LogP contribution < -0.4 is 0 Å². The zero-order valence-electron chi connectivity index (χ0n) is 64.8. The van der Waals surface area contributed by atoms with E-state index < -0.39 is 97.5 Å². The zero-order valence-corrected chi connectivity index (χ0v) is 66.6. The Morgan fingerprint density at radius 2 is 0.515 bits per heavy atom. The van der Waals surface area contributed by atoms with E-state index in [-0.39, 0.29) is 25.7 Å². The second kappa shape index (κ2) is 71.7. The second-order valence-electron chi connectivity index (χ2n) is 29.5. The summed E-state index contributed by atoms with van der Waals surface area (Å²) in [6, 6.07) is 0. The minimum atomic E-state index is -4.96. The molecule has 0 aliphatic carbocycles. The van der Waals surface area contributed by atoms with Gasteiger partial charge < -0.3 is 33.8 Å². The number of unbranched alkanes of at least 4 members (excludes halogenated alkanes) is 48. The Balaban J connectivity index is 5.12. The van der Waals surface area contributed by atoms with E-state index in [1.807, 2.05) is 0 Å². The molecule has 0 amide bonds. The average molecular weight is 1450 g/mol. The summed E-state index contributed by atoms with van der Waals surface area (Å²) in [5.41, 5.74) is 0. The number of hydrogen-bond donors (Lipinski definition) is 3. The van der Waals surface area contributed by atoms with Crippen LogP contribution in [0.25, 0.3) is 0 Å². The molecule has 3 N–H and O–H groups in total. The Hall–Kier alpha value is -1.94. The molecule has 17 nitrogen and oxygen atoms in total. The minimum Gasteiger partial charge on any atom is -0.462 e. The highest BCUT2D eigenvalue weighted by Gasteiger charge is 2.30. The van der Waals surface area contributed by atoms with Crippen molar-refractivity contribution in [1.82, 2.24) is 0 Å². The number of phosphoric acid groups is 2. The number of aliphatic hydroxyl groups excluding tert-OH is 1. The first-order valence-corrected chi connectivity index (χ1v) is 44.5. The maximum atomic E-state index is 13.1. The molecule has 0 aromatic carbocycles. The summed E-state index contributed by atoms with van der Waals surface area (Å²) in [5, 5.41) is 10.6. The molecule has 6 atom stereocenters. The largest absolute Gasteiger partial charge is 0.472 e. The Morgan fingerprint density at radius 3 is 0.768 bits per heavy atom. The molecule has 0 saturated carbocycles. The second-order valence-corrected chi connectivity index (χ2v) is 32.4. The van der Waals surface area contributed by atoms with Crippen molar-refractivity contribution in [2.75, 3.05) is 39.6 Å². The molecule has 0 aliphatic heterocycles. The lowest BCUT2D eigenvalue weighted by Gasteiger charge is -2.21. The van der Waals surface area contributed by atoms with Crippen molar-refractivity contribution in [1.29, 1.82) is 0 Å². The van der Waals surface area contributed by atoms with E-state index in [0.29, 0.717) is 25.7 Å². The fourth-order valence-corrected chi connectivity index (χ4v) is 13.9. The van der Waals surface area contributed by atoms with Gasteiger partial charge in [0.05, 0.1) is 26.4 Å². The summed E-state index contributed by atoms with van der Waals surface area (Å²) in [6.45, 7) is 9.63. The van der Waals surface area contributed by atoms with Gasteiger partial charge in [-0.25, -0.2) is 9.13 Å². The maximum Gasteiger partial charge on any atom is 0.472 e.